The number of carbonyl (C=O) groups is 1. The van der Waals surface area contributed by atoms with Crippen LogP contribution >= 0.6 is 11.3 Å². The molecule has 0 aliphatic carbocycles. The first-order chi connectivity index (χ1) is 10.2. The van der Waals surface area contributed by atoms with Crippen LogP contribution in [0.15, 0.2) is 40.8 Å². The lowest BCUT2D eigenvalue weighted by atomic mass is 10.1. The molecule has 1 aromatic heterocycles. The van der Waals surface area contributed by atoms with Crippen molar-refractivity contribution >= 4 is 23.0 Å². The van der Waals surface area contributed by atoms with Crippen molar-refractivity contribution in [2.24, 2.45) is 5.10 Å². The van der Waals surface area contributed by atoms with E-state index in [1.165, 1.54) is 11.3 Å². The van der Waals surface area contributed by atoms with Crippen LogP contribution in [0.25, 0.3) is 0 Å². The highest BCUT2D eigenvalue weighted by molar-refractivity contribution is 7.12. The topological polar surface area (TPSA) is 59.9 Å². The standard InChI is InChI=1S/C15H16N2O3S/c1-10(16-17-15(18)14-5-4-8-21-14)12-7-6-11(19-2)9-13(12)20-3/h4-9H,1-3H3,(H,17,18). The summed E-state index contributed by atoms with van der Waals surface area (Å²) in [4.78, 5) is 12.5. The molecule has 110 valence electrons. The Balaban J connectivity index is 2.17. The fourth-order valence-corrected chi connectivity index (χ4v) is 2.37. The van der Waals surface area contributed by atoms with Crippen molar-refractivity contribution in [3.63, 3.8) is 0 Å². The fourth-order valence-electron chi connectivity index (χ4n) is 1.76. The van der Waals surface area contributed by atoms with E-state index in [4.69, 9.17) is 9.47 Å². The first-order valence-electron chi connectivity index (χ1n) is 6.26. The van der Waals surface area contributed by atoms with E-state index in [0.29, 0.717) is 22.1 Å². The third kappa shape index (κ3) is 3.61. The molecule has 1 N–H and O–H groups in total. The number of benzene rings is 1. The maximum Gasteiger partial charge on any atom is 0.281 e. The molecule has 6 heteroatoms. The molecule has 1 aromatic carbocycles. The first-order valence-corrected chi connectivity index (χ1v) is 7.14. The maximum atomic E-state index is 11.8. The lowest BCUT2D eigenvalue weighted by molar-refractivity contribution is 0.0959. The molecule has 1 heterocycles. The molecular weight excluding hydrogens is 288 g/mol. The molecule has 2 rings (SSSR count). The Morgan fingerprint density at radius 3 is 2.67 bits per heavy atom. The van der Waals surface area contributed by atoms with E-state index >= 15 is 0 Å². The highest BCUT2D eigenvalue weighted by Gasteiger charge is 2.09. The Kier molecular flexibility index (Phi) is 4.94. The van der Waals surface area contributed by atoms with E-state index in [2.05, 4.69) is 10.5 Å². The van der Waals surface area contributed by atoms with E-state index in [1.54, 1.807) is 33.3 Å². The molecule has 0 saturated carbocycles. The number of amides is 1. The number of hydrogen-bond donors (Lipinski definition) is 1. The number of nitrogens with one attached hydrogen (secondary N) is 1. The summed E-state index contributed by atoms with van der Waals surface area (Å²) in [5.74, 6) is 1.11. The molecule has 5 nitrogen and oxygen atoms in total. The fraction of sp³-hybridized carbons (Fsp3) is 0.200. The second kappa shape index (κ2) is 6.90. The summed E-state index contributed by atoms with van der Waals surface area (Å²) in [5.41, 5.74) is 3.98. The SMILES string of the molecule is COc1ccc(C(C)=NNC(=O)c2cccs2)c(OC)c1. The summed E-state index contributed by atoms with van der Waals surface area (Å²) in [6.07, 6.45) is 0. The minimum Gasteiger partial charge on any atom is -0.497 e. The van der Waals surface area contributed by atoms with E-state index in [1.807, 2.05) is 23.6 Å². The second-order valence-corrected chi connectivity index (χ2v) is 5.13. The van der Waals surface area contributed by atoms with Crippen LogP contribution in [0.3, 0.4) is 0 Å². The van der Waals surface area contributed by atoms with Crippen molar-refractivity contribution in [3.8, 4) is 11.5 Å². The van der Waals surface area contributed by atoms with Gasteiger partial charge in [0.2, 0.25) is 0 Å². The molecule has 0 spiro atoms. The molecule has 0 aliphatic heterocycles. The Morgan fingerprint density at radius 1 is 1.24 bits per heavy atom. The van der Waals surface area contributed by atoms with Crippen LogP contribution in [-0.4, -0.2) is 25.8 Å². The summed E-state index contributed by atoms with van der Waals surface area (Å²) >= 11 is 1.37. The van der Waals surface area contributed by atoms with E-state index in [0.717, 1.165) is 5.56 Å². The van der Waals surface area contributed by atoms with Gasteiger partial charge in [-0.3, -0.25) is 4.79 Å². The lowest BCUT2D eigenvalue weighted by Gasteiger charge is -2.10. The number of nitrogens with zero attached hydrogens (tertiary/aromatic N) is 1. The molecule has 0 bridgehead atoms. The smallest absolute Gasteiger partial charge is 0.281 e. The van der Waals surface area contributed by atoms with E-state index in [9.17, 15) is 4.79 Å². The van der Waals surface area contributed by atoms with Crippen LogP contribution < -0.4 is 14.9 Å². The third-order valence-corrected chi connectivity index (χ3v) is 3.74. The molecule has 0 unspecified atom stereocenters. The molecule has 0 fully saturated rings. The van der Waals surface area contributed by atoms with Crippen LogP contribution in [0, 0.1) is 0 Å². The summed E-state index contributed by atoms with van der Waals surface area (Å²) in [7, 11) is 3.17. The highest BCUT2D eigenvalue weighted by Crippen LogP contribution is 2.25. The van der Waals surface area contributed by atoms with Gasteiger partial charge in [0.1, 0.15) is 11.5 Å². The van der Waals surface area contributed by atoms with Crippen molar-refractivity contribution in [2.45, 2.75) is 6.92 Å². The third-order valence-electron chi connectivity index (χ3n) is 2.87. The number of rotatable bonds is 5. The van der Waals surface area contributed by atoms with Gasteiger partial charge in [0, 0.05) is 11.6 Å². The predicted molar refractivity (Wildman–Crippen MR) is 83.5 cm³/mol. The zero-order chi connectivity index (χ0) is 15.2. The van der Waals surface area contributed by atoms with Crippen LogP contribution in [0.1, 0.15) is 22.2 Å². The van der Waals surface area contributed by atoms with Gasteiger partial charge in [-0.2, -0.15) is 5.10 Å². The number of ether oxygens (including phenoxy) is 2. The number of thiophene rings is 1. The number of methoxy groups -OCH3 is 2. The number of carbonyl (C=O) groups excluding carboxylic acids is 1. The van der Waals surface area contributed by atoms with Crippen LogP contribution in [-0.2, 0) is 0 Å². The van der Waals surface area contributed by atoms with Crippen LogP contribution in [0.4, 0.5) is 0 Å². The average Bonchev–Trinajstić information content (AvgIpc) is 3.06. The van der Waals surface area contributed by atoms with Gasteiger partial charge in [0.05, 0.1) is 24.8 Å². The van der Waals surface area contributed by atoms with Crippen LogP contribution in [0.5, 0.6) is 11.5 Å². The quantitative estimate of drug-likeness (QED) is 0.682. The first kappa shape index (κ1) is 15.1. The normalized spacial score (nSPS) is 11.1. The van der Waals surface area contributed by atoms with Gasteiger partial charge >= 0.3 is 0 Å². The summed E-state index contributed by atoms with van der Waals surface area (Å²) < 4.78 is 10.5. The molecule has 0 radical (unpaired) electrons. The highest BCUT2D eigenvalue weighted by atomic mass is 32.1. The van der Waals surface area contributed by atoms with Gasteiger partial charge in [-0.25, -0.2) is 5.43 Å². The van der Waals surface area contributed by atoms with Gasteiger partial charge in [-0.15, -0.1) is 11.3 Å². The van der Waals surface area contributed by atoms with Crippen LogP contribution in [0.2, 0.25) is 0 Å². The Bertz CT molecular complexity index is 651. The van der Waals surface area contributed by atoms with Crippen molar-refractivity contribution in [2.75, 3.05) is 14.2 Å². The Morgan fingerprint density at radius 2 is 2.05 bits per heavy atom. The molecule has 21 heavy (non-hydrogen) atoms. The molecular formula is C15H16N2O3S. The van der Waals surface area contributed by atoms with Crippen molar-refractivity contribution < 1.29 is 14.3 Å². The number of hydrogen-bond acceptors (Lipinski definition) is 5. The van der Waals surface area contributed by atoms with Gasteiger partial charge < -0.3 is 9.47 Å². The van der Waals surface area contributed by atoms with E-state index in [-0.39, 0.29) is 5.91 Å². The lowest BCUT2D eigenvalue weighted by Crippen LogP contribution is -2.18. The molecule has 2 aromatic rings. The Hall–Kier alpha value is -2.34. The monoisotopic (exact) mass is 304 g/mol. The van der Waals surface area contributed by atoms with E-state index < -0.39 is 0 Å². The van der Waals surface area contributed by atoms with Crippen molar-refractivity contribution in [3.05, 3.63) is 46.2 Å². The zero-order valence-electron chi connectivity index (χ0n) is 12.0. The Labute approximate surface area is 127 Å². The van der Waals surface area contributed by atoms with Gasteiger partial charge in [-0.1, -0.05) is 6.07 Å². The largest absolute Gasteiger partial charge is 0.497 e. The second-order valence-electron chi connectivity index (χ2n) is 4.18. The molecule has 0 aliphatic rings. The van der Waals surface area contributed by atoms with Crippen molar-refractivity contribution in [1.82, 2.24) is 5.43 Å². The maximum absolute atomic E-state index is 11.8. The van der Waals surface area contributed by atoms with Gasteiger partial charge in [-0.05, 0) is 30.5 Å². The summed E-state index contributed by atoms with van der Waals surface area (Å²) in [5, 5.41) is 5.96. The van der Waals surface area contributed by atoms with Gasteiger partial charge in [0.15, 0.2) is 0 Å². The average molecular weight is 304 g/mol. The minimum absolute atomic E-state index is 0.225. The minimum atomic E-state index is -0.225. The summed E-state index contributed by atoms with van der Waals surface area (Å²) in [6, 6.07) is 9.00. The molecule has 1 amide bonds. The molecule has 0 saturated heterocycles. The van der Waals surface area contributed by atoms with Gasteiger partial charge in [0.25, 0.3) is 5.91 Å². The summed E-state index contributed by atoms with van der Waals surface area (Å²) in [6.45, 7) is 1.80. The molecule has 0 atom stereocenters. The zero-order valence-corrected chi connectivity index (χ0v) is 12.9. The predicted octanol–water partition coefficient (Wildman–Crippen LogP) is 2.92. The van der Waals surface area contributed by atoms with Crippen molar-refractivity contribution in [1.29, 1.82) is 0 Å². The number of hydrazone groups is 1.